The minimum Gasteiger partial charge on any atom is -0.461 e. The van der Waals surface area contributed by atoms with Crippen LogP contribution in [0.3, 0.4) is 0 Å². The van der Waals surface area contributed by atoms with Crippen molar-refractivity contribution in [2.45, 2.75) is 33.9 Å². The largest absolute Gasteiger partial charge is 0.461 e. The minimum absolute atomic E-state index is 0.259. The van der Waals surface area contributed by atoms with Crippen LogP contribution in [0.25, 0.3) is 28.2 Å². The van der Waals surface area contributed by atoms with Crippen LogP contribution in [0.4, 0.5) is 5.69 Å². The summed E-state index contributed by atoms with van der Waals surface area (Å²) >= 11 is 0. The number of anilines is 1. The summed E-state index contributed by atoms with van der Waals surface area (Å²) in [7, 11) is 0. The van der Waals surface area contributed by atoms with Crippen LogP contribution in [0, 0.1) is 6.92 Å². The first-order valence-electron chi connectivity index (χ1n) is 13.6. The molecule has 11 heteroatoms. The lowest BCUT2D eigenvalue weighted by Gasteiger charge is -2.29. The number of morpholine rings is 1. The third kappa shape index (κ3) is 4.84. The molecular formula is C29H32N8O3. The van der Waals surface area contributed by atoms with Gasteiger partial charge in [0.15, 0.2) is 17.2 Å². The highest BCUT2D eigenvalue weighted by molar-refractivity contribution is 5.91. The van der Waals surface area contributed by atoms with Crippen LogP contribution < -0.4 is 4.90 Å². The highest BCUT2D eigenvalue weighted by atomic mass is 16.5. The van der Waals surface area contributed by atoms with Crippen molar-refractivity contribution in [2.75, 3.05) is 37.8 Å². The first-order chi connectivity index (χ1) is 19.6. The normalized spacial score (nSPS) is 13.7. The van der Waals surface area contributed by atoms with Gasteiger partial charge in [-0.05, 0) is 39.0 Å². The van der Waals surface area contributed by atoms with E-state index in [1.165, 1.54) is 0 Å². The summed E-state index contributed by atoms with van der Waals surface area (Å²) in [6.45, 7) is 10.0. The van der Waals surface area contributed by atoms with E-state index in [9.17, 15) is 4.79 Å². The zero-order chi connectivity index (χ0) is 27.6. The van der Waals surface area contributed by atoms with E-state index in [0.717, 1.165) is 46.9 Å². The molecule has 6 rings (SSSR count). The fourth-order valence-electron chi connectivity index (χ4n) is 5.10. The van der Waals surface area contributed by atoms with Gasteiger partial charge < -0.3 is 18.9 Å². The molecule has 4 aromatic heterocycles. The van der Waals surface area contributed by atoms with Gasteiger partial charge in [-0.2, -0.15) is 10.2 Å². The lowest BCUT2D eigenvalue weighted by atomic mass is 10.1. The number of aryl methyl sites for hydroxylation is 2. The van der Waals surface area contributed by atoms with E-state index in [-0.39, 0.29) is 6.61 Å². The number of imidazole rings is 1. The fraction of sp³-hybridized carbons (Fsp3) is 0.345. The molecule has 11 nitrogen and oxygen atoms in total. The number of carbonyl (C=O) groups excluding carboxylic acids is 1. The van der Waals surface area contributed by atoms with Gasteiger partial charge in [0.05, 0.1) is 37.7 Å². The van der Waals surface area contributed by atoms with Crippen LogP contribution in [0.5, 0.6) is 0 Å². The van der Waals surface area contributed by atoms with Crippen LogP contribution >= 0.6 is 0 Å². The molecule has 5 heterocycles. The maximum Gasteiger partial charge on any atom is 0.357 e. The van der Waals surface area contributed by atoms with Gasteiger partial charge in [0.2, 0.25) is 0 Å². The van der Waals surface area contributed by atoms with Gasteiger partial charge in [0.1, 0.15) is 11.3 Å². The summed E-state index contributed by atoms with van der Waals surface area (Å²) in [5.41, 5.74) is 5.47. The highest BCUT2D eigenvalue weighted by Crippen LogP contribution is 2.31. The number of ether oxygens (including phenoxy) is 2. The number of rotatable bonds is 8. The van der Waals surface area contributed by atoms with Gasteiger partial charge in [-0.1, -0.05) is 23.8 Å². The third-order valence-electron chi connectivity index (χ3n) is 7.00. The van der Waals surface area contributed by atoms with Crippen molar-refractivity contribution in [1.82, 2.24) is 34.1 Å². The van der Waals surface area contributed by atoms with Gasteiger partial charge >= 0.3 is 5.97 Å². The minimum atomic E-state index is -0.452. The average molecular weight is 541 g/mol. The van der Waals surface area contributed by atoms with Crippen molar-refractivity contribution in [2.24, 2.45) is 0 Å². The number of fused-ring (bicyclic) bond motifs is 1. The van der Waals surface area contributed by atoms with E-state index in [0.29, 0.717) is 43.5 Å². The molecule has 0 radical (unpaired) electrons. The molecule has 0 atom stereocenters. The standard InChI is InChI=1S/C29H32N8O3/c1-4-36-26(19-35-11-7-10-30-35)31-27-23(34-12-14-39-15-13-34)18-25(32-28(27)36)37-24(29(38)40-5-2)17-22(33-37)21-9-6-8-20(3)16-21/h6-11,16-18H,4-5,12-15,19H2,1-3H3. The van der Waals surface area contributed by atoms with Crippen molar-refractivity contribution in [3.05, 3.63) is 71.9 Å². The molecule has 0 bridgehead atoms. The van der Waals surface area contributed by atoms with Crippen LogP contribution in [-0.4, -0.2) is 73.0 Å². The molecular weight excluding hydrogens is 508 g/mol. The van der Waals surface area contributed by atoms with Crippen molar-refractivity contribution in [1.29, 1.82) is 0 Å². The SMILES string of the molecule is CCOC(=O)c1cc(-c2cccc(C)c2)nn1-c1cc(N2CCOCC2)c2nc(Cn3cccn3)n(CC)c2n1. The molecule has 1 aliphatic rings. The molecule has 1 aliphatic heterocycles. The highest BCUT2D eigenvalue weighted by Gasteiger charge is 2.25. The smallest absolute Gasteiger partial charge is 0.357 e. The molecule has 1 saturated heterocycles. The third-order valence-corrected chi connectivity index (χ3v) is 7.00. The zero-order valence-corrected chi connectivity index (χ0v) is 22.9. The van der Waals surface area contributed by atoms with Crippen molar-refractivity contribution in [3.8, 4) is 17.1 Å². The fourth-order valence-corrected chi connectivity index (χ4v) is 5.10. The Hall–Kier alpha value is -4.51. The second-order valence-electron chi connectivity index (χ2n) is 9.66. The Bertz CT molecular complexity index is 1650. The summed E-state index contributed by atoms with van der Waals surface area (Å²) in [6, 6.07) is 13.7. The molecule has 0 unspecified atom stereocenters. The zero-order valence-electron chi connectivity index (χ0n) is 22.9. The summed E-state index contributed by atoms with van der Waals surface area (Å²) in [6.07, 6.45) is 3.68. The molecule has 0 N–H and O–H groups in total. The van der Waals surface area contributed by atoms with E-state index in [1.807, 2.05) is 54.2 Å². The average Bonchev–Trinajstić information content (AvgIpc) is 3.72. The maximum atomic E-state index is 13.1. The molecule has 0 spiro atoms. The number of pyridine rings is 1. The Morgan fingerprint density at radius 3 is 2.65 bits per heavy atom. The molecule has 0 amide bonds. The molecule has 5 aromatic rings. The molecule has 40 heavy (non-hydrogen) atoms. The van der Waals surface area contributed by atoms with Crippen molar-refractivity contribution < 1.29 is 14.3 Å². The van der Waals surface area contributed by atoms with E-state index >= 15 is 0 Å². The predicted octanol–water partition coefficient (Wildman–Crippen LogP) is 3.87. The van der Waals surface area contributed by atoms with Gasteiger partial charge in [-0.15, -0.1) is 0 Å². The number of aromatic nitrogens is 7. The van der Waals surface area contributed by atoms with Crippen LogP contribution in [0.1, 0.15) is 35.7 Å². The van der Waals surface area contributed by atoms with Gasteiger partial charge in [0.25, 0.3) is 0 Å². The van der Waals surface area contributed by atoms with E-state index in [2.05, 4.69) is 21.5 Å². The summed E-state index contributed by atoms with van der Waals surface area (Å²) in [5.74, 6) is 0.926. The Kier molecular flexibility index (Phi) is 7.04. The summed E-state index contributed by atoms with van der Waals surface area (Å²) in [4.78, 5) is 25.5. The number of hydrogen-bond donors (Lipinski definition) is 0. The number of hydrogen-bond acceptors (Lipinski definition) is 8. The molecule has 0 aliphatic carbocycles. The van der Waals surface area contributed by atoms with Crippen molar-refractivity contribution in [3.63, 3.8) is 0 Å². The van der Waals surface area contributed by atoms with E-state index < -0.39 is 5.97 Å². The Morgan fingerprint density at radius 2 is 1.93 bits per heavy atom. The molecule has 0 saturated carbocycles. The Balaban J connectivity index is 1.56. The summed E-state index contributed by atoms with van der Waals surface area (Å²) in [5, 5.41) is 9.25. The van der Waals surface area contributed by atoms with Crippen LogP contribution in [-0.2, 0) is 22.6 Å². The maximum absolute atomic E-state index is 13.1. The molecule has 1 fully saturated rings. The monoisotopic (exact) mass is 540 g/mol. The van der Waals surface area contributed by atoms with Crippen LogP contribution in [0.2, 0.25) is 0 Å². The quantitative estimate of drug-likeness (QED) is 0.273. The molecule has 206 valence electrons. The van der Waals surface area contributed by atoms with Gasteiger partial charge in [0, 0.05) is 43.7 Å². The lowest BCUT2D eigenvalue weighted by Crippen LogP contribution is -2.36. The van der Waals surface area contributed by atoms with E-state index in [1.54, 1.807) is 23.9 Å². The first kappa shape index (κ1) is 25.8. The Labute approximate surface area is 232 Å². The number of esters is 1. The number of benzene rings is 1. The number of nitrogens with zero attached hydrogens (tertiary/aromatic N) is 8. The predicted molar refractivity (Wildman–Crippen MR) is 151 cm³/mol. The van der Waals surface area contributed by atoms with Gasteiger partial charge in [-0.3, -0.25) is 4.68 Å². The topological polar surface area (TPSA) is 105 Å². The second kappa shape index (κ2) is 10.9. The molecule has 1 aromatic carbocycles. The van der Waals surface area contributed by atoms with E-state index in [4.69, 9.17) is 24.5 Å². The van der Waals surface area contributed by atoms with Crippen molar-refractivity contribution >= 4 is 22.8 Å². The lowest BCUT2D eigenvalue weighted by molar-refractivity contribution is 0.0515. The summed E-state index contributed by atoms with van der Waals surface area (Å²) < 4.78 is 16.6. The Morgan fingerprint density at radius 1 is 1.07 bits per heavy atom. The number of carbonyl (C=O) groups is 1. The van der Waals surface area contributed by atoms with Crippen LogP contribution in [0.15, 0.2) is 54.9 Å². The second-order valence-corrected chi connectivity index (χ2v) is 9.66. The first-order valence-corrected chi connectivity index (χ1v) is 13.6. The van der Waals surface area contributed by atoms with Gasteiger partial charge in [-0.25, -0.2) is 19.4 Å².